The van der Waals surface area contributed by atoms with Crippen molar-refractivity contribution in [2.75, 3.05) is 20.7 Å². The van der Waals surface area contributed by atoms with Crippen molar-refractivity contribution in [3.05, 3.63) is 59.7 Å². The zero-order chi connectivity index (χ0) is 21.4. The highest BCUT2D eigenvalue weighted by molar-refractivity contribution is 5.95. The number of carbonyl (C=O) groups excluding carboxylic acids is 2. The van der Waals surface area contributed by atoms with E-state index in [1.54, 1.807) is 30.0 Å². The van der Waals surface area contributed by atoms with Crippen LogP contribution < -0.4 is 0 Å². The molecule has 2 aliphatic rings. The Morgan fingerprint density at radius 2 is 1.83 bits per heavy atom. The first-order valence-electron chi connectivity index (χ1n) is 10.2. The third-order valence-electron chi connectivity index (χ3n) is 6.06. The number of likely N-dealkylation sites (tertiary alicyclic amines) is 1. The molecule has 0 aromatic heterocycles. The first kappa shape index (κ1) is 20.1. The highest BCUT2D eigenvalue weighted by atomic mass is 16.3. The van der Waals surface area contributed by atoms with E-state index < -0.39 is 6.04 Å². The van der Waals surface area contributed by atoms with E-state index in [0.29, 0.717) is 5.56 Å². The summed E-state index contributed by atoms with van der Waals surface area (Å²) < 4.78 is 0. The van der Waals surface area contributed by atoms with Gasteiger partial charge in [0.1, 0.15) is 6.04 Å². The van der Waals surface area contributed by atoms with Gasteiger partial charge >= 0.3 is 0 Å². The first-order valence-corrected chi connectivity index (χ1v) is 10.2. The minimum atomic E-state index is -0.540. The second-order valence-corrected chi connectivity index (χ2v) is 8.27. The van der Waals surface area contributed by atoms with Gasteiger partial charge in [0.05, 0.1) is 18.7 Å². The molecule has 1 aliphatic heterocycles. The lowest BCUT2D eigenvalue weighted by molar-refractivity contribution is -0.148. The zero-order valence-electron chi connectivity index (χ0n) is 17.2. The van der Waals surface area contributed by atoms with Crippen LogP contribution in [0.4, 0.5) is 0 Å². The van der Waals surface area contributed by atoms with E-state index in [4.69, 9.17) is 0 Å². The van der Waals surface area contributed by atoms with Crippen LogP contribution in [0.25, 0.3) is 11.1 Å². The lowest BCUT2D eigenvalue weighted by Gasteiger charge is -2.51. The van der Waals surface area contributed by atoms with E-state index in [1.807, 2.05) is 42.5 Å². The number of aliphatic hydroxyl groups is 1. The van der Waals surface area contributed by atoms with Crippen molar-refractivity contribution in [3.63, 3.8) is 0 Å². The Morgan fingerprint density at radius 1 is 1.13 bits per heavy atom. The minimum Gasteiger partial charge on any atom is -0.394 e. The fraction of sp³-hybridized carbons (Fsp3) is 0.375. The van der Waals surface area contributed by atoms with Gasteiger partial charge in [-0.05, 0) is 41.7 Å². The molecule has 2 fully saturated rings. The summed E-state index contributed by atoms with van der Waals surface area (Å²) in [5.74, 6) is -0.226. The Bertz CT molecular complexity index is 1010. The Balaban J connectivity index is 1.56. The van der Waals surface area contributed by atoms with Crippen LogP contribution in [0.5, 0.6) is 0 Å². The molecule has 2 amide bonds. The van der Waals surface area contributed by atoms with E-state index in [-0.39, 0.29) is 36.3 Å². The summed E-state index contributed by atoms with van der Waals surface area (Å²) in [4.78, 5) is 27.9. The van der Waals surface area contributed by atoms with Crippen LogP contribution in [0, 0.1) is 17.2 Å². The van der Waals surface area contributed by atoms with Crippen molar-refractivity contribution in [3.8, 4) is 17.2 Å². The third kappa shape index (κ3) is 3.46. The fourth-order valence-corrected chi connectivity index (χ4v) is 4.24. The predicted octanol–water partition coefficient (Wildman–Crippen LogP) is 2.64. The smallest absolute Gasteiger partial charge is 0.253 e. The Kier molecular flexibility index (Phi) is 5.31. The van der Waals surface area contributed by atoms with Crippen LogP contribution in [0.3, 0.4) is 0 Å². The van der Waals surface area contributed by atoms with Crippen molar-refractivity contribution < 1.29 is 14.7 Å². The van der Waals surface area contributed by atoms with Crippen LogP contribution in [-0.2, 0) is 4.79 Å². The molecule has 1 saturated heterocycles. The van der Waals surface area contributed by atoms with Crippen molar-refractivity contribution in [1.82, 2.24) is 9.80 Å². The van der Waals surface area contributed by atoms with Gasteiger partial charge in [-0.3, -0.25) is 9.59 Å². The van der Waals surface area contributed by atoms with Gasteiger partial charge in [-0.25, -0.2) is 0 Å². The van der Waals surface area contributed by atoms with E-state index in [9.17, 15) is 20.0 Å². The van der Waals surface area contributed by atoms with E-state index in [0.717, 1.165) is 29.5 Å². The number of rotatable bonds is 5. The summed E-state index contributed by atoms with van der Waals surface area (Å²) in [6.45, 7) is -0.155. The monoisotopic (exact) mass is 403 g/mol. The van der Waals surface area contributed by atoms with Gasteiger partial charge in [-0.2, -0.15) is 5.26 Å². The molecular weight excluding hydrogens is 378 g/mol. The van der Waals surface area contributed by atoms with Gasteiger partial charge in [0, 0.05) is 31.5 Å². The van der Waals surface area contributed by atoms with E-state index >= 15 is 0 Å². The molecule has 0 spiro atoms. The molecule has 1 N–H and O–H groups in total. The molecule has 2 aromatic carbocycles. The maximum absolute atomic E-state index is 12.5. The van der Waals surface area contributed by atoms with Crippen LogP contribution >= 0.6 is 0 Å². The standard InChI is InChI=1S/C24H25N3O3/c1-26(2)23(29)19-5-3-4-18(12-19)15-6-8-16(9-7-15)22-20(13-25)27(21(22)14-28)24(30)17-10-11-17/h3-9,12,17,20-22,28H,10-11,14H2,1-2H3/t20-,21-,22+/m0/s1. The van der Waals surface area contributed by atoms with E-state index in [2.05, 4.69) is 6.07 Å². The van der Waals surface area contributed by atoms with Crippen LogP contribution in [0.15, 0.2) is 48.5 Å². The molecule has 3 atom stereocenters. The van der Waals surface area contributed by atoms with Crippen molar-refractivity contribution in [2.45, 2.75) is 30.8 Å². The quantitative estimate of drug-likeness (QED) is 0.832. The average Bonchev–Trinajstić information content (AvgIpc) is 3.59. The second kappa shape index (κ2) is 7.92. The molecule has 30 heavy (non-hydrogen) atoms. The summed E-state index contributed by atoms with van der Waals surface area (Å²) in [5, 5.41) is 19.5. The molecule has 0 bridgehead atoms. The highest BCUT2D eigenvalue weighted by Crippen LogP contribution is 2.44. The number of aliphatic hydroxyl groups excluding tert-OH is 1. The molecule has 154 valence electrons. The largest absolute Gasteiger partial charge is 0.394 e. The van der Waals surface area contributed by atoms with Gasteiger partial charge in [0.25, 0.3) is 5.91 Å². The molecule has 1 saturated carbocycles. The maximum atomic E-state index is 12.5. The lowest BCUT2D eigenvalue weighted by atomic mass is 9.75. The molecule has 0 unspecified atom stereocenters. The molecule has 1 heterocycles. The van der Waals surface area contributed by atoms with E-state index in [1.165, 1.54) is 0 Å². The van der Waals surface area contributed by atoms with Gasteiger partial charge in [0.2, 0.25) is 5.91 Å². The molecule has 0 radical (unpaired) electrons. The first-order chi connectivity index (χ1) is 14.5. The van der Waals surface area contributed by atoms with Gasteiger partial charge < -0.3 is 14.9 Å². The summed E-state index contributed by atoms with van der Waals surface area (Å²) >= 11 is 0. The number of amides is 2. The van der Waals surface area contributed by atoms with Gasteiger partial charge in [0.15, 0.2) is 0 Å². The second-order valence-electron chi connectivity index (χ2n) is 8.27. The highest BCUT2D eigenvalue weighted by Gasteiger charge is 2.53. The van der Waals surface area contributed by atoms with Crippen molar-refractivity contribution in [2.24, 2.45) is 5.92 Å². The van der Waals surface area contributed by atoms with Crippen LogP contribution in [0.2, 0.25) is 0 Å². The number of hydrogen-bond acceptors (Lipinski definition) is 4. The Morgan fingerprint density at radius 3 is 2.40 bits per heavy atom. The summed E-state index contributed by atoms with van der Waals surface area (Å²) in [6.07, 6.45) is 1.75. The van der Waals surface area contributed by atoms with Crippen LogP contribution in [0.1, 0.15) is 34.7 Å². The molecule has 6 heteroatoms. The summed E-state index contributed by atoms with van der Waals surface area (Å²) in [5.41, 5.74) is 3.46. The number of hydrogen-bond donors (Lipinski definition) is 1. The third-order valence-corrected chi connectivity index (χ3v) is 6.06. The SMILES string of the molecule is CN(C)C(=O)c1cccc(-c2ccc([C@@H]3[C@H](C#N)N(C(=O)C4CC4)[C@H]3CO)cc2)c1. The number of benzene rings is 2. The zero-order valence-corrected chi connectivity index (χ0v) is 17.2. The normalized spacial score (nSPS) is 22.7. The summed E-state index contributed by atoms with van der Waals surface area (Å²) in [6, 6.07) is 16.7. The average molecular weight is 403 g/mol. The lowest BCUT2D eigenvalue weighted by Crippen LogP contribution is -2.65. The number of nitrogens with zero attached hydrogens (tertiary/aromatic N) is 3. The van der Waals surface area contributed by atoms with Gasteiger partial charge in [-0.15, -0.1) is 0 Å². The van der Waals surface area contributed by atoms with Crippen LogP contribution in [-0.4, -0.2) is 59.5 Å². The predicted molar refractivity (Wildman–Crippen MR) is 112 cm³/mol. The fourth-order valence-electron chi connectivity index (χ4n) is 4.24. The van der Waals surface area contributed by atoms with Crippen molar-refractivity contribution in [1.29, 1.82) is 5.26 Å². The molecule has 2 aromatic rings. The molecule has 4 rings (SSSR count). The Labute approximate surface area is 176 Å². The Hall–Kier alpha value is -3.17. The van der Waals surface area contributed by atoms with Gasteiger partial charge in [-0.1, -0.05) is 36.4 Å². The van der Waals surface area contributed by atoms with Crippen molar-refractivity contribution >= 4 is 11.8 Å². The molecule has 1 aliphatic carbocycles. The minimum absolute atomic E-state index is 0.00385. The maximum Gasteiger partial charge on any atom is 0.253 e. The molecule has 6 nitrogen and oxygen atoms in total. The molecular formula is C24H25N3O3. The summed E-state index contributed by atoms with van der Waals surface area (Å²) in [7, 11) is 3.45. The number of nitriles is 1. The topological polar surface area (TPSA) is 84.6 Å². The number of carbonyl (C=O) groups is 2.